The van der Waals surface area contributed by atoms with Gasteiger partial charge in [-0.1, -0.05) is 6.07 Å². The highest BCUT2D eigenvalue weighted by Gasteiger charge is 2.44. The van der Waals surface area contributed by atoms with Gasteiger partial charge in [-0.3, -0.25) is 9.59 Å². The van der Waals surface area contributed by atoms with Gasteiger partial charge in [0.25, 0.3) is 10.0 Å². The van der Waals surface area contributed by atoms with Gasteiger partial charge in [-0.05, 0) is 30.7 Å². The first-order chi connectivity index (χ1) is 19.2. The summed E-state index contributed by atoms with van der Waals surface area (Å²) in [5.41, 5.74) is -0.496. The van der Waals surface area contributed by atoms with Crippen molar-refractivity contribution in [3.8, 4) is 11.4 Å². The smallest absolute Gasteiger partial charge is 0.316 e. The summed E-state index contributed by atoms with van der Waals surface area (Å²) in [4.78, 5) is 31.0. The van der Waals surface area contributed by atoms with Crippen LogP contribution in [0.5, 0.6) is 5.75 Å². The number of aromatic nitrogens is 3. The van der Waals surface area contributed by atoms with Crippen LogP contribution in [-0.2, 0) is 19.6 Å². The Morgan fingerprint density at radius 2 is 1.75 bits per heavy atom. The fraction of sp³-hybridized carbons (Fsp3) is 0.385. The van der Waals surface area contributed by atoms with Crippen molar-refractivity contribution in [2.75, 3.05) is 31.1 Å². The summed E-state index contributed by atoms with van der Waals surface area (Å²) >= 11 is 0. The number of hydrogen-bond donors (Lipinski definition) is 0. The van der Waals surface area contributed by atoms with E-state index in [2.05, 4.69) is 10.1 Å². The third-order valence-electron chi connectivity index (χ3n) is 7.41. The number of benzene rings is 1. The first kappa shape index (κ1) is 26.3. The van der Waals surface area contributed by atoms with Gasteiger partial charge in [-0.15, -0.1) is 0 Å². The molecule has 1 aliphatic carbocycles. The number of ether oxygens (including phenoxy) is 2. The van der Waals surface area contributed by atoms with E-state index in [1.54, 1.807) is 17.0 Å². The van der Waals surface area contributed by atoms with Crippen LogP contribution < -0.4 is 15.2 Å². The van der Waals surface area contributed by atoms with Gasteiger partial charge in [-0.25, -0.2) is 22.2 Å². The number of sulfonamides is 1. The molecule has 0 bridgehead atoms. The van der Waals surface area contributed by atoms with Crippen molar-refractivity contribution >= 4 is 21.7 Å². The van der Waals surface area contributed by atoms with Gasteiger partial charge < -0.3 is 14.4 Å². The highest BCUT2D eigenvalue weighted by Crippen LogP contribution is 2.39. The van der Waals surface area contributed by atoms with Gasteiger partial charge in [-0.2, -0.15) is 14.1 Å². The zero-order valence-electron chi connectivity index (χ0n) is 21.2. The third kappa shape index (κ3) is 4.92. The van der Waals surface area contributed by atoms with Crippen molar-refractivity contribution in [2.45, 2.75) is 36.5 Å². The summed E-state index contributed by atoms with van der Waals surface area (Å²) in [6, 6.07) is 7.33. The molecule has 14 heteroatoms. The van der Waals surface area contributed by atoms with E-state index in [9.17, 15) is 26.8 Å². The Labute approximate surface area is 228 Å². The fourth-order valence-corrected chi connectivity index (χ4v) is 6.86. The van der Waals surface area contributed by atoms with Gasteiger partial charge in [0, 0.05) is 50.8 Å². The summed E-state index contributed by atoms with van der Waals surface area (Å²) in [5.74, 6) is -2.08. The van der Waals surface area contributed by atoms with Crippen molar-refractivity contribution in [1.82, 2.24) is 19.1 Å². The van der Waals surface area contributed by atoms with Crippen LogP contribution in [-0.4, -0.2) is 71.8 Å². The summed E-state index contributed by atoms with van der Waals surface area (Å²) in [6.45, 7) is 0.714. The van der Waals surface area contributed by atoms with Crippen LogP contribution in [0.2, 0.25) is 0 Å². The number of carbonyl (C=O) groups is 1. The largest absolute Gasteiger partial charge is 0.483 e. The molecule has 3 aromatic rings. The predicted octanol–water partition coefficient (Wildman–Crippen LogP) is 1.89. The second kappa shape index (κ2) is 10.2. The van der Waals surface area contributed by atoms with Gasteiger partial charge in [0.05, 0.1) is 18.3 Å². The number of esters is 1. The molecule has 0 spiro atoms. The number of anilines is 1. The van der Waals surface area contributed by atoms with Crippen molar-refractivity contribution in [1.29, 1.82) is 0 Å². The highest BCUT2D eigenvalue weighted by molar-refractivity contribution is 7.89. The minimum absolute atomic E-state index is 0.0114. The molecule has 0 N–H and O–H groups in total. The monoisotopic (exact) mass is 573 g/mol. The third-order valence-corrected chi connectivity index (χ3v) is 9.23. The van der Waals surface area contributed by atoms with Crippen LogP contribution in [0.1, 0.15) is 19.3 Å². The predicted molar refractivity (Wildman–Crippen MR) is 137 cm³/mol. The molecule has 6 rings (SSSR count). The molecule has 4 heterocycles. The number of halogens is 2. The Morgan fingerprint density at radius 3 is 2.42 bits per heavy atom. The van der Waals surface area contributed by atoms with Crippen LogP contribution in [0.3, 0.4) is 0 Å². The lowest BCUT2D eigenvalue weighted by Crippen LogP contribution is -2.49. The fourth-order valence-electron chi connectivity index (χ4n) is 5.50. The lowest BCUT2D eigenvalue weighted by molar-refractivity contribution is -0.141. The van der Waals surface area contributed by atoms with E-state index in [0.717, 1.165) is 16.8 Å². The second-order valence-electron chi connectivity index (χ2n) is 9.97. The van der Waals surface area contributed by atoms with E-state index < -0.39 is 33.3 Å². The lowest BCUT2D eigenvalue weighted by atomic mass is 10.1. The topological polar surface area (TPSA) is 124 Å². The molecule has 0 radical (unpaired) electrons. The number of hydrogen-bond acceptors (Lipinski definition) is 9. The SMILES string of the molecule is O=C1C[C@@H]2C[C@H](Oc3c(N4CCN(S(=O)(=O)c5ccccn5)CC4)cnn(-c4cc(F)cc(F)c4)c3=O)C[C@@H]2O1. The lowest BCUT2D eigenvalue weighted by Gasteiger charge is -2.35. The Hall–Kier alpha value is -3.91. The van der Waals surface area contributed by atoms with E-state index >= 15 is 0 Å². The molecule has 2 aromatic heterocycles. The summed E-state index contributed by atoms with van der Waals surface area (Å²) in [6.07, 6.45) is 3.26. The Kier molecular flexibility index (Phi) is 6.74. The molecule has 1 aromatic carbocycles. The maximum Gasteiger partial charge on any atom is 0.316 e. The second-order valence-corrected chi connectivity index (χ2v) is 11.9. The first-order valence-electron chi connectivity index (χ1n) is 12.8. The molecule has 3 aliphatic rings. The molecular weight excluding hydrogens is 548 g/mol. The molecule has 2 aliphatic heterocycles. The molecule has 1 saturated carbocycles. The number of pyridine rings is 1. The van der Waals surface area contributed by atoms with E-state index in [4.69, 9.17) is 9.47 Å². The van der Waals surface area contributed by atoms with Crippen LogP contribution in [0.4, 0.5) is 14.5 Å². The maximum absolute atomic E-state index is 13.9. The normalized spacial score (nSPS) is 23.2. The molecule has 0 unspecified atom stereocenters. The van der Waals surface area contributed by atoms with Gasteiger partial charge >= 0.3 is 11.5 Å². The Bertz CT molecular complexity index is 1580. The van der Waals surface area contributed by atoms with E-state index in [-0.39, 0.29) is 67.1 Å². The highest BCUT2D eigenvalue weighted by atomic mass is 32.2. The minimum Gasteiger partial charge on any atom is -0.483 e. The first-order valence-corrected chi connectivity index (χ1v) is 14.2. The molecule has 210 valence electrons. The average molecular weight is 574 g/mol. The van der Waals surface area contributed by atoms with E-state index in [1.165, 1.54) is 22.8 Å². The molecular formula is C26H25F2N5O6S. The quantitative estimate of drug-likeness (QED) is 0.407. The van der Waals surface area contributed by atoms with Crippen molar-refractivity contribution < 1.29 is 31.5 Å². The van der Waals surface area contributed by atoms with Gasteiger partial charge in [0.1, 0.15) is 29.5 Å². The van der Waals surface area contributed by atoms with E-state index in [0.29, 0.717) is 24.6 Å². The van der Waals surface area contributed by atoms with E-state index in [1.807, 2.05) is 0 Å². The molecule has 2 saturated heterocycles. The molecule has 3 atom stereocenters. The van der Waals surface area contributed by atoms with Crippen LogP contribution >= 0.6 is 0 Å². The summed E-state index contributed by atoms with van der Waals surface area (Å²) < 4.78 is 67.7. The average Bonchev–Trinajstić information content (AvgIpc) is 3.46. The Balaban J connectivity index is 1.29. The number of fused-ring (bicyclic) bond motifs is 1. The van der Waals surface area contributed by atoms with Gasteiger partial charge in [0.15, 0.2) is 5.03 Å². The van der Waals surface area contributed by atoms with Crippen LogP contribution in [0, 0.1) is 17.6 Å². The van der Waals surface area contributed by atoms with Crippen LogP contribution in [0.15, 0.2) is 58.6 Å². The number of nitrogens with zero attached hydrogens (tertiary/aromatic N) is 5. The van der Waals surface area contributed by atoms with Crippen molar-refractivity contribution in [3.05, 3.63) is 70.8 Å². The molecule has 0 amide bonds. The number of piperazine rings is 1. The van der Waals surface area contributed by atoms with Crippen molar-refractivity contribution in [3.63, 3.8) is 0 Å². The standard InChI is InChI=1S/C26H25F2N5O6S/c27-17-11-18(28)13-19(12-17)33-26(35)25(38-20-9-16-10-24(34)39-22(16)14-20)21(15-30-33)31-5-7-32(8-6-31)40(36,37)23-3-1-2-4-29-23/h1-4,11-13,15-16,20,22H,5-10,14H2/t16-,20-,22-/m0/s1. The summed E-state index contributed by atoms with van der Waals surface area (Å²) in [7, 11) is -3.80. The number of rotatable bonds is 6. The van der Waals surface area contributed by atoms with Crippen molar-refractivity contribution in [2.24, 2.45) is 5.92 Å². The molecule has 40 heavy (non-hydrogen) atoms. The maximum atomic E-state index is 13.9. The minimum atomic E-state index is -3.80. The zero-order chi connectivity index (χ0) is 28.0. The van der Waals surface area contributed by atoms with Gasteiger partial charge in [0.2, 0.25) is 5.75 Å². The number of carbonyl (C=O) groups excluding carboxylic acids is 1. The summed E-state index contributed by atoms with van der Waals surface area (Å²) in [5, 5.41) is 4.11. The molecule has 11 nitrogen and oxygen atoms in total. The molecule has 3 fully saturated rings. The zero-order valence-corrected chi connectivity index (χ0v) is 22.0. The Morgan fingerprint density at radius 1 is 1.00 bits per heavy atom. The van der Waals surface area contributed by atoms with Crippen LogP contribution in [0.25, 0.3) is 5.69 Å².